The highest BCUT2D eigenvalue weighted by Crippen LogP contribution is 2.03. The number of aromatic nitrogens is 2. The van der Waals surface area contributed by atoms with Gasteiger partial charge in [-0.25, -0.2) is 0 Å². The monoisotopic (exact) mass is 172 g/mol. The van der Waals surface area contributed by atoms with E-state index in [9.17, 15) is 4.79 Å². The summed E-state index contributed by atoms with van der Waals surface area (Å²) in [6, 6.07) is -0.628. The molecule has 1 atom stereocenters. The summed E-state index contributed by atoms with van der Waals surface area (Å²) in [5, 5.41) is 3.60. The lowest BCUT2D eigenvalue weighted by Gasteiger charge is -2.02. The van der Waals surface area contributed by atoms with Gasteiger partial charge in [0, 0.05) is 11.3 Å². The third-order valence-corrected chi connectivity index (χ3v) is 1.88. The second-order valence-electron chi connectivity index (χ2n) is 2.10. The van der Waals surface area contributed by atoms with Gasteiger partial charge in [-0.15, -0.1) is 5.10 Å². The molecule has 0 aliphatic heterocycles. The van der Waals surface area contributed by atoms with Gasteiger partial charge in [0.1, 0.15) is 0 Å². The SMILES string of the molecule is NC(=O)C(N)Cc1cnns1. The standard InChI is InChI=1S/C5H8N4OS/c6-4(5(7)10)1-3-2-8-9-11-3/h2,4H,1,6H2,(H2,7,10). The van der Waals surface area contributed by atoms with Gasteiger partial charge in [0.25, 0.3) is 0 Å². The maximum atomic E-state index is 10.5. The lowest BCUT2D eigenvalue weighted by Crippen LogP contribution is -2.37. The minimum absolute atomic E-state index is 0.424. The summed E-state index contributed by atoms with van der Waals surface area (Å²) in [7, 11) is 0. The summed E-state index contributed by atoms with van der Waals surface area (Å²) in [6.45, 7) is 0. The third-order valence-electron chi connectivity index (χ3n) is 1.19. The number of hydrogen-bond acceptors (Lipinski definition) is 5. The topological polar surface area (TPSA) is 94.9 Å². The molecular weight excluding hydrogens is 164 g/mol. The summed E-state index contributed by atoms with van der Waals surface area (Å²) < 4.78 is 3.62. The van der Waals surface area contributed by atoms with Gasteiger partial charge < -0.3 is 11.5 Å². The molecule has 6 heteroatoms. The fourth-order valence-corrected chi connectivity index (χ4v) is 1.14. The fraction of sp³-hybridized carbons (Fsp3) is 0.400. The van der Waals surface area contributed by atoms with E-state index in [4.69, 9.17) is 11.5 Å². The highest BCUT2D eigenvalue weighted by atomic mass is 32.1. The molecule has 1 aromatic rings. The van der Waals surface area contributed by atoms with E-state index < -0.39 is 11.9 Å². The molecule has 1 aromatic heterocycles. The zero-order valence-corrected chi connectivity index (χ0v) is 6.54. The molecule has 0 saturated carbocycles. The molecule has 0 radical (unpaired) electrons. The van der Waals surface area contributed by atoms with Gasteiger partial charge in [-0.3, -0.25) is 4.79 Å². The summed E-state index contributed by atoms with van der Waals surface area (Å²) in [6.07, 6.45) is 2.00. The van der Waals surface area contributed by atoms with Gasteiger partial charge in [-0.2, -0.15) is 0 Å². The van der Waals surface area contributed by atoms with Crippen LogP contribution in [0.4, 0.5) is 0 Å². The van der Waals surface area contributed by atoms with Crippen molar-refractivity contribution in [3.05, 3.63) is 11.1 Å². The first-order valence-electron chi connectivity index (χ1n) is 3.01. The minimum Gasteiger partial charge on any atom is -0.368 e. The highest BCUT2D eigenvalue weighted by molar-refractivity contribution is 7.05. The molecule has 0 aromatic carbocycles. The third kappa shape index (κ3) is 2.24. The quantitative estimate of drug-likeness (QED) is 0.604. The Hall–Kier alpha value is -1.01. The summed E-state index contributed by atoms with van der Waals surface area (Å²) in [4.78, 5) is 11.4. The molecule has 0 aliphatic carbocycles. The largest absolute Gasteiger partial charge is 0.368 e. The molecule has 60 valence electrons. The Balaban J connectivity index is 2.50. The van der Waals surface area contributed by atoms with Crippen LogP contribution >= 0.6 is 11.5 Å². The van der Waals surface area contributed by atoms with Crippen molar-refractivity contribution in [2.24, 2.45) is 11.5 Å². The van der Waals surface area contributed by atoms with Gasteiger partial charge in [-0.05, 0) is 11.5 Å². The molecule has 1 heterocycles. The van der Waals surface area contributed by atoms with E-state index in [2.05, 4.69) is 9.59 Å². The number of carbonyl (C=O) groups is 1. The Bertz CT molecular complexity index is 235. The Morgan fingerprint density at radius 2 is 2.55 bits per heavy atom. The zero-order chi connectivity index (χ0) is 8.27. The van der Waals surface area contributed by atoms with Crippen molar-refractivity contribution in [2.45, 2.75) is 12.5 Å². The molecule has 0 aliphatic rings. The van der Waals surface area contributed by atoms with Crippen molar-refractivity contribution >= 4 is 17.4 Å². The van der Waals surface area contributed by atoms with E-state index in [-0.39, 0.29) is 0 Å². The number of primary amides is 1. The highest BCUT2D eigenvalue weighted by Gasteiger charge is 2.10. The molecule has 1 amide bonds. The summed E-state index contributed by atoms with van der Waals surface area (Å²) in [5.41, 5.74) is 10.3. The maximum absolute atomic E-state index is 10.5. The van der Waals surface area contributed by atoms with Crippen LogP contribution in [0.3, 0.4) is 0 Å². The number of carbonyl (C=O) groups excluding carboxylic acids is 1. The number of hydrogen-bond donors (Lipinski definition) is 2. The molecule has 0 spiro atoms. The van der Waals surface area contributed by atoms with Crippen LogP contribution in [-0.4, -0.2) is 21.5 Å². The van der Waals surface area contributed by atoms with E-state index in [1.165, 1.54) is 11.5 Å². The van der Waals surface area contributed by atoms with E-state index in [1.54, 1.807) is 6.20 Å². The van der Waals surface area contributed by atoms with E-state index >= 15 is 0 Å². The average Bonchev–Trinajstić information content (AvgIpc) is 2.39. The first-order valence-corrected chi connectivity index (χ1v) is 3.78. The smallest absolute Gasteiger partial charge is 0.234 e. The number of nitrogens with zero attached hydrogens (tertiary/aromatic N) is 2. The van der Waals surface area contributed by atoms with Crippen molar-refractivity contribution < 1.29 is 4.79 Å². The van der Waals surface area contributed by atoms with Crippen LogP contribution in [0.15, 0.2) is 6.20 Å². The van der Waals surface area contributed by atoms with Crippen molar-refractivity contribution in [3.8, 4) is 0 Å². The fourth-order valence-electron chi connectivity index (χ4n) is 0.595. The molecule has 1 unspecified atom stereocenters. The molecule has 5 nitrogen and oxygen atoms in total. The first kappa shape index (κ1) is 8.09. The van der Waals surface area contributed by atoms with Crippen LogP contribution in [0, 0.1) is 0 Å². The number of rotatable bonds is 3. The number of amides is 1. The van der Waals surface area contributed by atoms with Crippen molar-refractivity contribution in [1.29, 1.82) is 0 Å². The minimum atomic E-state index is -0.628. The predicted molar refractivity (Wildman–Crippen MR) is 40.8 cm³/mol. The lowest BCUT2D eigenvalue weighted by atomic mass is 10.2. The van der Waals surface area contributed by atoms with Crippen LogP contribution < -0.4 is 11.5 Å². The van der Waals surface area contributed by atoms with E-state index in [1.807, 2.05) is 0 Å². The predicted octanol–water partition coefficient (Wildman–Crippen LogP) is -1.11. The van der Waals surface area contributed by atoms with E-state index in [0.717, 1.165) is 4.88 Å². The lowest BCUT2D eigenvalue weighted by molar-refractivity contribution is -0.119. The molecule has 4 N–H and O–H groups in total. The summed E-state index contributed by atoms with van der Waals surface area (Å²) in [5.74, 6) is -0.501. The maximum Gasteiger partial charge on any atom is 0.234 e. The number of nitrogens with two attached hydrogens (primary N) is 2. The summed E-state index contributed by atoms with van der Waals surface area (Å²) >= 11 is 1.22. The second kappa shape index (κ2) is 3.40. The Kier molecular flexibility index (Phi) is 2.50. The van der Waals surface area contributed by atoms with Gasteiger partial charge in [-0.1, -0.05) is 4.49 Å². The van der Waals surface area contributed by atoms with Crippen molar-refractivity contribution in [3.63, 3.8) is 0 Å². The Morgan fingerprint density at radius 3 is 3.00 bits per heavy atom. The van der Waals surface area contributed by atoms with Gasteiger partial charge >= 0.3 is 0 Å². The normalized spacial score (nSPS) is 12.8. The second-order valence-corrected chi connectivity index (χ2v) is 2.97. The van der Waals surface area contributed by atoms with Crippen LogP contribution in [-0.2, 0) is 11.2 Å². The molecule has 0 saturated heterocycles. The first-order chi connectivity index (χ1) is 5.20. The molecule has 0 bridgehead atoms. The van der Waals surface area contributed by atoms with Crippen LogP contribution in [0.1, 0.15) is 4.88 Å². The zero-order valence-electron chi connectivity index (χ0n) is 5.73. The average molecular weight is 172 g/mol. The van der Waals surface area contributed by atoms with Crippen LogP contribution in [0.25, 0.3) is 0 Å². The molecule has 1 rings (SSSR count). The Morgan fingerprint density at radius 1 is 1.82 bits per heavy atom. The molecule has 11 heavy (non-hydrogen) atoms. The molecular formula is C5H8N4OS. The van der Waals surface area contributed by atoms with E-state index in [0.29, 0.717) is 6.42 Å². The van der Waals surface area contributed by atoms with Gasteiger partial charge in [0.2, 0.25) is 5.91 Å². The van der Waals surface area contributed by atoms with Crippen molar-refractivity contribution in [2.75, 3.05) is 0 Å². The van der Waals surface area contributed by atoms with Crippen molar-refractivity contribution in [1.82, 2.24) is 9.59 Å². The van der Waals surface area contributed by atoms with Crippen LogP contribution in [0.5, 0.6) is 0 Å². The van der Waals surface area contributed by atoms with Crippen LogP contribution in [0.2, 0.25) is 0 Å². The molecule has 0 fully saturated rings. The van der Waals surface area contributed by atoms with Gasteiger partial charge in [0.05, 0.1) is 12.2 Å². The van der Waals surface area contributed by atoms with Gasteiger partial charge in [0.15, 0.2) is 0 Å². The Labute approximate surface area is 67.6 Å².